The van der Waals surface area contributed by atoms with Crippen LogP contribution in [0.5, 0.6) is 0 Å². The third-order valence-electron chi connectivity index (χ3n) is 3.15. The van der Waals surface area contributed by atoms with Crippen molar-refractivity contribution in [1.29, 1.82) is 0 Å². The molecule has 1 nitrogen and oxygen atoms in total. The van der Waals surface area contributed by atoms with Crippen LogP contribution in [0.3, 0.4) is 0 Å². The zero-order valence-electron chi connectivity index (χ0n) is 8.36. The van der Waals surface area contributed by atoms with Crippen LogP contribution in [-0.2, 0) is 0 Å². The van der Waals surface area contributed by atoms with E-state index in [1.165, 1.54) is 44.5 Å². The van der Waals surface area contributed by atoms with Crippen LogP contribution >= 0.6 is 11.8 Å². The minimum absolute atomic E-state index is 0.693. The van der Waals surface area contributed by atoms with Crippen LogP contribution in [0.1, 0.15) is 32.6 Å². The van der Waals surface area contributed by atoms with E-state index in [9.17, 15) is 0 Å². The van der Waals surface area contributed by atoms with Gasteiger partial charge in [0.25, 0.3) is 0 Å². The standard InChI is InChI=1S/C10H21NS/c1-3-10(5-4-6-10)9-11-7-8-12-2/h11H,3-9H2,1-2H3. The van der Waals surface area contributed by atoms with Gasteiger partial charge in [-0.2, -0.15) is 11.8 Å². The van der Waals surface area contributed by atoms with Gasteiger partial charge >= 0.3 is 0 Å². The number of nitrogens with one attached hydrogen (secondary N) is 1. The fourth-order valence-electron chi connectivity index (χ4n) is 1.86. The molecule has 12 heavy (non-hydrogen) atoms. The molecule has 1 aliphatic rings. The summed E-state index contributed by atoms with van der Waals surface area (Å²) in [4.78, 5) is 0. The Hall–Kier alpha value is 0.310. The number of hydrogen-bond donors (Lipinski definition) is 1. The molecule has 0 aromatic heterocycles. The molecule has 0 aromatic carbocycles. The van der Waals surface area contributed by atoms with Crippen molar-refractivity contribution in [2.24, 2.45) is 5.41 Å². The summed E-state index contributed by atoms with van der Waals surface area (Å²) >= 11 is 1.92. The average molecular weight is 187 g/mol. The van der Waals surface area contributed by atoms with Gasteiger partial charge < -0.3 is 5.32 Å². The normalized spacial score (nSPS) is 20.5. The highest BCUT2D eigenvalue weighted by molar-refractivity contribution is 7.98. The first-order valence-corrected chi connectivity index (χ1v) is 6.42. The van der Waals surface area contributed by atoms with Crippen LogP contribution in [0.2, 0.25) is 0 Å². The van der Waals surface area contributed by atoms with E-state index in [0.717, 1.165) is 0 Å². The predicted octanol–water partition coefficient (Wildman–Crippen LogP) is 2.52. The molecule has 1 fully saturated rings. The first-order valence-electron chi connectivity index (χ1n) is 5.03. The van der Waals surface area contributed by atoms with Gasteiger partial charge in [0.2, 0.25) is 0 Å². The third-order valence-corrected chi connectivity index (χ3v) is 3.76. The third kappa shape index (κ3) is 2.67. The summed E-state index contributed by atoms with van der Waals surface area (Å²) < 4.78 is 0. The maximum Gasteiger partial charge on any atom is 0.00553 e. The molecule has 0 heterocycles. The first kappa shape index (κ1) is 10.4. The Morgan fingerprint density at radius 2 is 2.17 bits per heavy atom. The Balaban J connectivity index is 2.04. The molecule has 0 aromatic rings. The van der Waals surface area contributed by atoms with Gasteiger partial charge in [-0.3, -0.25) is 0 Å². The minimum Gasteiger partial charge on any atom is -0.315 e. The fraction of sp³-hybridized carbons (Fsp3) is 1.00. The maximum absolute atomic E-state index is 3.56. The summed E-state index contributed by atoms with van der Waals surface area (Å²) in [6.07, 6.45) is 7.89. The number of hydrogen-bond acceptors (Lipinski definition) is 2. The molecule has 2 heteroatoms. The monoisotopic (exact) mass is 187 g/mol. The summed E-state index contributed by atoms with van der Waals surface area (Å²) in [5, 5.41) is 3.56. The average Bonchev–Trinajstić information content (AvgIpc) is 2.02. The Morgan fingerprint density at radius 1 is 1.42 bits per heavy atom. The lowest BCUT2D eigenvalue weighted by molar-refractivity contribution is 0.125. The molecule has 1 N–H and O–H groups in total. The minimum atomic E-state index is 0.693. The molecule has 1 rings (SSSR count). The second-order valence-electron chi connectivity index (χ2n) is 3.88. The van der Waals surface area contributed by atoms with Gasteiger partial charge in [-0.05, 0) is 30.9 Å². The summed E-state index contributed by atoms with van der Waals surface area (Å²) in [5.74, 6) is 1.25. The molecule has 0 unspecified atom stereocenters. The van der Waals surface area contributed by atoms with Crippen LogP contribution in [-0.4, -0.2) is 25.1 Å². The SMILES string of the molecule is CCC1(CNCCSC)CCC1. The largest absolute Gasteiger partial charge is 0.315 e. The molecular weight excluding hydrogens is 166 g/mol. The van der Waals surface area contributed by atoms with Gasteiger partial charge in [-0.15, -0.1) is 0 Å². The van der Waals surface area contributed by atoms with E-state index in [1.807, 2.05) is 11.8 Å². The fourth-order valence-corrected chi connectivity index (χ4v) is 2.21. The molecule has 0 radical (unpaired) electrons. The maximum atomic E-state index is 3.56. The van der Waals surface area contributed by atoms with E-state index >= 15 is 0 Å². The molecule has 1 aliphatic carbocycles. The van der Waals surface area contributed by atoms with Gasteiger partial charge in [0.05, 0.1) is 0 Å². The van der Waals surface area contributed by atoms with Crippen LogP contribution in [0, 0.1) is 5.41 Å². The number of thioether (sulfide) groups is 1. The lowest BCUT2D eigenvalue weighted by atomic mass is 9.67. The van der Waals surface area contributed by atoms with Gasteiger partial charge in [-0.1, -0.05) is 13.3 Å². The van der Waals surface area contributed by atoms with Gasteiger partial charge in [0, 0.05) is 18.8 Å². The lowest BCUT2D eigenvalue weighted by Crippen LogP contribution is -2.40. The Bertz CT molecular complexity index is 115. The molecule has 0 spiro atoms. The smallest absolute Gasteiger partial charge is 0.00553 e. The highest BCUT2D eigenvalue weighted by atomic mass is 32.2. The van der Waals surface area contributed by atoms with Crippen LogP contribution < -0.4 is 5.32 Å². The summed E-state index contributed by atoms with van der Waals surface area (Å²) in [7, 11) is 0. The predicted molar refractivity (Wildman–Crippen MR) is 57.8 cm³/mol. The molecule has 0 amide bonds. The lowest BCUT2D eigenvalue weighted by Gasteiger charge is -2.41. The van der Waals surface area contributed by atoms with Crippen molar-refractivity contribution in [1.82, 2.24) is 5.32 Å². The van der Waals surface area contributed by atoms with Crippen LogP contribution in [0.4, 0.5) is 0 Å². The molecule has 0 bridgehead atoms. The highest BCUT2D eigenvalue weighted by Gasteiger charge is 2.34. The second kappa shape index (κ2) is 5.13. The topological polar surface area (TPSA) is 12.0 Å². The van der Waals surface area contributed by atoms with Crippen molar-refractivity contribution in [2.45, 2.75) is 32.6 Å². The van der Waals surface area contributed by atoms with Crippen LogP contribution in [0.15, 0.2) is 0 Å². The second-order valence-corrected chi connectivity index (χ2v) is 4.86. The van der Waals surface area contributed by atoms with E-state index in [4.69, 9.17) is 0 Å². The summed E-state index contributed by atoms with van der Waals surface area (Å²) in [6, 6.07) is 0. The van der Waals surface area contributed by atoms with Crippen molar-refractivity contribution in [3.05, 3.63) is 0 Å². The quantitative estimate of drug-likeness (QED) is 0.641. The van der Waals surface area contributed by atoms with E-state index in [-0.39, 0.29) is 0 Å². The van der Waals surface area contributed by atoms with Gasteiger partial charge in [0.15, 0.2) is 0 Å². The Kier molecular flexibility index (Phi) is 4.44. The van der Waals surface area contributed by atoms with E-state index in [2.05, 4.69) is 18.5 Å². The van der Waals surface area contributed by atoms with E-state index in [0.29, 0.717) is 5.41 Å². The Morgan fingerprint density at radius 3 is 2.58 bits per heavy atom. The molecule has 1 saturated carbocycles. The number of rotatable bonds is 6. The van der Waals surface area contributed by atoms with Crippen LogP contribution in [0.25, 0.3) is 0 Å². The van der Waals surface area contributed by atoms with Gasteiger partial charge in [0.1, 0.15) is 0 Å². The molecule has 0 atom stereocenters. The molecular formula is C10H21NS. The van der Waals surface area contributed by atoms with E-state index < -0.39 is 0 Å². The summed E-state index contributed by atoms with van der Waals surface area (Å²) in [6.45, 7) is 4.77. The van der Waals surface area contributed by atoms with Gasteiger partial charge in [-0.25, -0.2) is 0 Å². The molecule has 0 aliphatic heterocycles. The zero-order valence-corrected chi connectivity index (χ0v) is 9.17. The van der Waals surface area contributed by atoms with Crippen molar-refractivity contribution >= 4 is 11.8 Å². The van der Waals surface area contributed by atoms with Crippen molar-refractivity contribution in [3.8, 4) is 0 Å². The first-order chi connectivity index (χ1) is 5.83. The Labute approximate surface area is 80.7 Å². The summed E-state index contributed by atoms with van der Waals surface area (Å²) in [5.41, 5.74) is 0.693. The van der Waals surface area contributed by atoms with Crippen molar-refractivity contribution in [2.75, 3.05) is 25.1 Å². The molecule has 72 valence electrons. The van der Waals surface area contributed by atoms with E-state index in [1.54, 1.807) is 0 Å². The molecule has 0 saturated heterocycles. The van der Waals surface area contributed by atoms with Crippen molar-refractivity contribution < 1.29 is 0 Å². The van der Waals surface area contributed by atoms with Crippen molar-refractivity contribution in [3.63, 3.8) is 0 Å². The zero-order chi connectivity index (χ0) is 8.86. The highest BCUT2D eigenvalue weighted by Crippen LogP contribution is 2.42.